The van der Waals surface area contributed by atoms with Gasteiger partial charge in [-0.25, -0.2) is 0 Å². The monoisotopic (exact) mass is 392 g/mol. The number of likely N-dealkylation sites (tertiary alicyclic amines) is 1. The molecule has 0 bridgehead atoms. The highest BCUT2D eigenvalue weighted by Crippen LogP contribution is 2.31. The van der Waals surface area contributed by atoms with Gasteiger partial charge in [-0.15, -0.1) is 0 Å². The lowest BCUT2D eigenvalue weighted by atomic mass is 9.87. The summed E-state index contributed by atoms with van der Waals surface area (Å²) in [6, 6.07) is 9.49. The van der Waals surface area contributed by atoms with Crippen molar-refractivity contribution in [2.75, 3.05) is 20.2 Å². The molecule has 1 aromatic rings. The van der Waals surface area contributed by atoms with E-state index in [4.69, 9.17) is 14.2 Å². The first-order valence-corrected chi connectivity index (χ1v) is 10.0. The summed E-state index contributed by atoms with van der Waals surface area (Å²) in [5.41, 5.74) is 0.907. The van der Waals surface area contributed by atoms with E-state index >= 15 is 0 Å². The molecule has 154 valence electrons. The molecule has 0 radical (unpaired) electrons. The first-order valence-electron chi connectivity index (χ1n) is 10.0. The molecular formula is C21H30NO6+. The maximum atomic E-state index is 12.9. The minimum Gasteiger partial charge on any atom is -0.469 e. The molecule has 1 atom stereocenters. The highest BCUT2D eigenvalue weighted by molar-refractivity contribution is 5.72. The molecule has 1 aliphatic carbocycles. The van der Waals surface area contributed by atoms with Crippen LogP contribution in [0.25, 0.3) is 0 Å². The van der Waals surface area contributed by atoms with Gasteiger partial charge in [0.05, 0.1) is 32.2 Å². The van der Waals surface area contributed by atoms with Crippen LogP contribution in [0.4, 0.5) is 4.79 Å². The smallest absolute Gasteiger partial charge is 0.469 e. The Morgan fingerprint density at radius 1 is 1.11 bits per heavy atom. The zero-order valence-electron chi connectivity index (χ0n) is 16.4. The van der Waals surface area contributed by atoms with E-state index in [1.807, 2.05) is 30.3 Å². The van der Waals surface area contributed by atoms with Gasteiger partial charge in [-0.2, -0.15) is 9.28 Å². The number of rotatable bonds is 6. The van der Waals surface area contributed by atoms with E-state index in [9.17, 15) is 14.7 Å². The maximum Gasteiger partial charge on any atom is 0.520 e. The fourth-order valence-electron chi connectivity index (χ4n) is 4.13. The van der Waals surface area contributed by atoms with E-state index in [1.54, 1.807) is 0 Å². The SMILES string of the molecule is COC(=O)C1CCC(OC(O)[N+]2(C(=O)OCc3ccccc3)CCCC2)CC1. The summed E-state index contributed by atoms with van der Waals surface area (Å²) >= 11 is 0. The van der Waals surface area contributed by atoms with Crippen molar-refractivity contribution in [3.05, 3.63) is 35.9 Å². The van der Waals surface area contributed by atoms with Crippen LogP contribution in [0.2, 0.25) is 0 Å². The van der Waals surface area contributed by atoms with Crippen molar-refractivity contribution < 1.29 is 33.4 Å². The second-order valence-corrected chi connectivity index (χ2v) is 7.69. The van der Waals surface area contributed by atoms with Gasteiger partial charge < -0.3 is 19.3 Å². The molecule has 1 aliphatic heterocycles. The molecule has 28 heavy (non-hydrogen) atoms. The summed E-state index contributed by atoms with van der Waals surface area (Å²) < 4.78 is 16.0. The summed E-state index contributed by atoms with van der Waals surface area (Å²) in [4.78, 5) is 24.5. The van der Waals surface area contributed by atoms with Crippen LogP contribution in [0.1, 0.15) is 44.1 Å². The van der Waals surface area contributed by atoms with E-state index in [0.717, 1.165) is 18.4 Å². The number of nitrogens with zero attached hydrogens (tertiary/aromatic N) is 1. The highest BCUT2D eigenvalue weighted by atomic mass is 16.7. The van der Waals surface area contributed by atoms with Gasteiger partial charge >= 0.3 is 18.5 Å². The van der Waals surface area contributed by atoms with Crippen molar-refractivity contribution in [1.29, 1.82) is 0 Å². The second kappa shape index (κ2) is 9.49. The molecule has 1 aromatic carbocycles. The van der Waals surface area contributed by atoms with Gasteiger partial charge in [0.2, 0.25) is 0 Å². The average molecular weight is 392 g/mol. The van der Waals surface area contributed by atoms with Crippen molar-refractivity contribution in [2.24, 2.45) is 5.92 Å². The van der Waals surface area contributed by atoms with Crippen LogP contribution in [0.3, 0.4) is 0 Å². The van der Waals surface area contributed by atoms with Crippen LogP contribution in [-0.2, 0) is 25.6 Å². The quantitative estimate of drug-likeness (QED) is 0.455. The van der Waals surface area contributed by atoms with Gasteiger partial charge in [0, 0.05) is 12.8 Å². The zero-order valence-corrected chi connectivity index (χ0v) is 16.4. The van der Waals surface area contributed by atoms with Crippen LogP contribution in [0.5, 0.6) is 0 Å². The molecule has 7 heteroatoms. The lowest BCUT2D eigenvalue weighted by Gasteiger charge is -2.36. The number of benzene rings is 1. The zero-order chi connectivity index (χ0) is 20.0. The number of esters is 1. The number of hydrogen-bond acceptors (Lipinski definition) is 6. The van der Waals surface area contributed by atoms with Gasteiger partial charge in [-0.1, -0.05) is 30.3 Å². The normalized spacial score (nSPS) is 25.1. The standard InChI is InChI=1S/C21H30NO6/c1-26-19(23)17-9-11-18(12-10-17)28-21(25)22(13-5-6-14-22)20(24)27-15-16-7-3-2-4-8-16/h2-4,7-8,17-18,21,25H,5-6,9-15H2,1H3/q+1. The average Bonchev–Trinajstić information content (AvgIpc) is 3.24. The third-order valence-corrected chi connectivity index (χ3v) is 5.88. The Morgan fingerprint density at radius 2 is 1.75 bits per heavy atom. The number of aliphatic hydroxyl groups is 1. The van der Waals surface area contributed by atoms with Crippen LogP contribution in [-0.4, -0.2) is 54.4 Å². The van der Waals surface area contributed by atoms with E-state index in [1.165, 1.54) is 7.11 Å². The molecule has 1 heterocycles. The van der Waals surface area contributed by atoms with Crippen LogP contribution in [0.15, 0.2) is 30.3 Å². The van der Waals surface area contributed by atoms with Gasteiger partial charge in [-0.05, 0) is 31.2 Å². The fraction of sp³-hybridized carbons (Fsp3) is 0.619. The number of aliphatic hydroxyl groups excluding tert-OH is 1. The minimum atomic E-state index is -1.24. The molecule has 2 aliphatic rings. The largest absolute Gasteiger partial charge is 0.520 e. The Morgan fingerprint density at radius 3 is 2.36 bits per heavy atom. The Kier molecular flexibility index (Phi) is 7.04. The van der Waals surface area contributed by atoms with Crippen molar-refractivity contribution in [3.8, 4) is 0 Å². The van der Waals surface area contributed by atoms with E-state index in [-0.39, 0.29) is 29.1 Å². The number of carbonyl (C=O) groups is 2. The molecule has 0 aromatic heterocycles. The van der Waals surface area contributed by atoms with Crippen molar-refractivity contribution in [1.82, 2.24) is 0 Å². The number of methoxy groups -OCH3 is 1. The Bertz CT molecular complexity index is 650. The molecule has 1 amide bonds. The number of quaternary nitrogens is 1. The van der Waals surface area contributed by atoms with Gasteiger partial charge in [0.15, 0.2) is 0 Å². The topological polar surface area (TPSA) is 82.1 Å². The van der Waals surface area contributed by atoms with Gasteiger partial charge in [-0.3, -0.25) is 4.79 Å². The third-order valence-electron chi connectivity index (χ3n) is 5.88. The number of amides is 1. The summed E-state index contributed by atoms with van der Waals surface area (Å²) in [6.45, 7) is 1.19. The Labute approximate surface area is 165 Å². The van der Waals surface area contributed by atoms with E-state index in [2.05, 4.69) is 0 Å². The second-order valence-electron chi connectivity index (χ2n) is 7.69. The van der Waals surface area contributed by atoms with Gasteiger partial charge in [0.25, 0.3) is 0 Å². The van der Waals surface area contributed by atoms with Crippen molar-refractivity contribution in [3.63, 3.8) is 0 Å². The Balaban J connectivity index is 1.56. The van der Waals surface area contributed by atoms with Crippen molar-refractivity contribution in [2.45, 2.75) is 57.6 Å². The summed E-state index contributed by atoms with van der Waals surface area (Å²) in [5, 5.41) is 10.8. The lowest BCUT2D eigenvalue weighted by Crippen LogP contribution is -2.59. The van der Waals surface area contributed by atoms with Gasteiger partial charge in [0.1, 0.15) is 6.61 Å². The molecule has 1 N–H and O–H groups in total. The molecule has 7 nitrogen and oxygen atoms in total. The lowest BCUT2D eigenvalue weighted by molar-refractivity contribution is -0.922. The first kappa shape index (κ1) is 20.8. The molecular weight excluding hydrogens is 362 g/mol. The molecule has 1 saturated heterocycles. The molecule has 2 fully saturated rings. The minimum absolute atomic E-state index is 0.104. The van der Waals surface area contributed by atoms with Crippen molar-refractivity contribution >= 4 is 12.1 Å². The number of hydrogen-bond donors (Lipinski definition) is 1. The number of carbonyl (C=O) groups excluding carboxylic acids is 2. The highest BCUT2D eigenvalue weighted by Gasteiger charge is 2.50. The van der Waals surface area contributed by atoms with Crippen LogP contribution >= 0.6 is 0 Å². The maximum absolute atomic E-state index is 12.9. The molecule has 0 spiro atoms. The number of ether oxygens (including phenoxy) is 3. The van der Waals surface area contributed by atoms with E-state index < -0.39 is 12.5 Å². The van der Waals surface area contributed by atoms with Crippen LogP contribution in [0, 0.1) is 5.92 Å². The fourth-order valence-corrected chi connectivity index (χ4v) is 4.13. The molecule has 3 rings (SSSR count). The summed E-state index contributed by atoms with van der Waals surface area (Å²) in [7, 11) is 1.40. The summed E-state index contributed by atoms with van der Waals surface area (Å²) in [6.07, 6.45) is 2.49. The molecule has 1 unspecified atom stereocenters. The Hall–Kier alpha value is -1.96. The molecule has 1 saturated carbocycles. The third kappa shape index (κ3) is 4.71. The van der Waals surface area contributed by atoms with E-state index in [0.29, 0.717) is 38.8 Å². The summed E-state index contributed by atoms with van der Waals surface area (Å²) in [5.74, 6) is -0.292. The van der Waals surface area contributed by atoms with Crippen LogP contribution < -0.4 is 0 Å². The predicted molar refractivity (Wildman–Crippen MR) is 101 cm³/mol. The predicted octanol–water partition coefficient (Wildman–Crippen LogP) is 2.96. The first-order chi connectivity index (χ1) is 13.5.